The van der Waals surface area contributed by atoms with E-state index in [4.69, 9.17) is 21.1 Å². The van der Waals surface area contributed by atoms with E-state index < -0.39 is 0 Å². The first-order valence-corrected chi connectivity index (χ1v) is 10.8. The van der Waals surface area contributed by atoms with Crippen molar-refractivity contribution in [3.63, 3.8) is 0 Å². The lowest BCUT2D eigenvalue weighted by Gasteiger charge is -2.34. The smallest absolute Gasteiger partial charge is 0.253 e. The van der Waals surface area contributed by atoms with Crippen molar-refractivity contribution in [2.45, 2.75) is 13.8 Å². The number of amides is 2. The van der Waals surface area contributed by atoms with Crippen molar-refractivity contribution in [2.75, 3.05) is 51.3 Å². The van der Waals surface area contributed by atoms with Crippen molar-refractivity contribution in [3.8, 4) is 11.5 Å². The van der Waals surface area contributed by atoms with E-state index in [-0.39, 0.29) is 18.4 Å². The number of rotatable bonds is 8. The van der Waals surface area contributed by atoms with Crippen LogP contribution >= 0.6 is 11.6 Å². The summed E-state index contributed by atoms with van der Waals surface area (Å²) in [5, 5.41) is 3.53. The minimum absolute atomic E-state index is 0.0186. The molecule has 0 bridgehead atoms. The van der Waals surface area contributed by atoms with Gasteiger partial charge in [0.1, 0.15) is 11.5 Å². The molecule has 0 atom stereocenters. The van der Waals surface area contributed by atoms with Gasteiger partial charge in [-0.25, -0.2) is 0 Å². The Bertz CT molecular complexity index is 896. The van der Waals surface area contributed by atoms with Crippen LogP contribution in [-0.2, 0) is 4.79 Å². The highest BCUT2D eigenvalue weighted by molar-refractivity contribution is 6.30. The Morgan fingerprint density at radius 1 is 0.968 bits per heavy atom. The molecule has 8 heteroatoms. The van der Waals surface area contributed by atoms with Crippen LogP contribution in [0.5, 0.6) is 11.5 Å². The van der Waals surface area contributed by atoms with Crippen LogP contribution in [0.15, 0.2) is 42.5 Å². The number of anilines is 1. The van der Waals surface area contributed by atoms with Crippen LogP contribution in [0.1, 0.15) is 24.2 Å². The summed E-state index contributed by atoms with van der Waals surface area (Å²) >= 11 is 5.90. The molecule has 0 unspecified atom stereocenters. The van der Waals surface area contributed by atoms with Crippen LogP contribution in [0, 0.1) is 0 Å². The number of nitrogens with one attached hydrogen (secondary N) is 1. The number of hydrogen-bond acceptors (Lipinski definition) is 5. The van der Waals surface area contributed by atoms with E-state index in [0.717, 1.165) is 0 Å². The van der Waals surface area contributed by atoms with Crippen LogP contribution < -0.4 is 14.8 Å². The number of carbonyl (C=O) groups is 2. The summed E-state index contributed by atoms with van der Waals surface area (Å²) in [7, 11) is 0. The summed E-state index contributed by atoms with van der Waals surface area (Å²) < 4.78 is 11.1. The second kappa shape index (κ2) is 11.0. The molecule has 1 heterocycles. The highest BCUT2D eigenvalue weighted by Crippen LogP contribution is 2.29. The lowest BCUT2D eigenvalue weighted by atomic mass is 10.2. The van der Waals surface area contributed by atoms with Crippen molar-refractivity contribution >= 4 is 29.1 Å². The predicted octanol–water partition coefficient (Wildman–Crippen LogP) is 3.53. The summed E-state index contributed by atoms with van der Waals surface area (Å²) in [6.45, 7) is 7.48. The first-order chi connectivity index (χ1) is 15.0. The SMILES string of the molecule is CCOc1ccc(OCC)c(NC(=O)CN2CCN(C(=O)c3ccc(Cl)cc3)CC2)c1. The summed E-state index contributed by atoms with van der Waals surface area (Å²) in [5.41, 5.74) is 1.21. The third-order valence-corrected chi connectivity index (χ3v) is 5.21. The van der Waals surface area contributed by atoms with E-state index in [9.17, 15) is 9.59 Å². The number of hydrogen-bond donors (Lipinski definition) is 1. The van der Waals surface area contributed by atoms with E-state index in [1.165, 1.54) is 0 Å². The predicted molar refractivity (Wildman–Crippen MR) is 121 cm³/mol. The van der Waals surface area contributed by atoms with Crippen molar-refractivity contribution in [3.05, 3.63) is 53.1 Å². The van der Waals surface area contributed by atoms with Gasteiger partial charge in [-0.3, -0.25) is 14.5 Å². The van der Waals surface area contributed by atoms with Crippen LogP contribution in [-0.4, -0.2) is 67.6 Å². The van der Waals surface area contributed by atoms with Gasteiger partial charge in [0.15, 0.2) is 0 Å². The standard InChI is InChI=1S/C23H28ClN3O4/c1-3-30-19-9-10-21(31-4-2)20(15-19)25-22(28)16-26-11-13-27(14-12-26)23(29)17-5-7-18(24)8-6-17/h5-10,15H,3-4,11-14,16H2,1-2H3,(H,25,28). The molecule has 0 spiro atoms. The fourth-order valence-corrected chi connectivity index (χ4v) is 3.55. The number of carbonyl (C=O) groups excluding carboxylic acids is 2. The van der Waals surface area contributed by atoms with Gasteiger partial charge in [-0.2, -0.15) is 0 Å². The number of piperazine rings is 1. The van der Waals surface area contributed by atoms with Gasteiger partial charge < -0.3 is 19.7 Å². The van der Waals surface area contributed by atoms with Crippen molar-refractivity contribution in [1.82, 2.24) is 9.80 Å². The summed E-state index contributed by atoms with van der Waals surface area (Å²) in [5.74, 6) is 1.13. The first-order valence-electron chi connectivity index (χ1n) is 10.5. The Balaban J connectivity index is 1.53. The van der Waals surface area contributed by atoms with Crippen LogP contribution in [0.2, 0.25) is 5.02 Å². The largest absolute Gasteiger partial charge is 0.494 e. The van der Waals surface area contributed by atoms with Crippen LogP contribution in [0.25, 0.3) is 0 Å². The lowest BCUT2D eigenvalue weighted by molar-refractivity contribution is -0.117. The number of ether oxygens (including phenoxy) is 2. The molecule has 2 amide bonds. The highest BCUT2D eigenvalue weighted by Gasteiger charge is 2.23. The van der Waals surface area contributed by atoms with Gasteiger partial charge in [-0.15, -0.1) is 0 Å². The molecule has 2 aromatic carbocycles. The summed E-state index contributed by atoms with van der Waals surface area (Å²) in [6, 6.07) is 12.3. The van der Waals surface area contributed by atoms with Crippen molar-refractivity contribution < 1.29 is 19.1 Å². The quantitative estimate of drug-likeness (QED) is 0.673. The zero-order chi connectivity index (χ0) is 22.2. The van der Waals surface area contributed by atoms with Gasteiger partial charge in [0.2, 0.25) is 5.91 Å². The molecule has 3 rings (SSSR count). The van der Waals surface area contributed by atoms with E-state index >= 15 is 0 Å². The van der Waals surface area contributed by atoms with Crippen molar-refractivity contribution in [1.29, 1.82) is 0 Å². The second-order valence-corrected chi connectivity index (χ2v) is 7.58. The lowest BCUT2D eigenvalue weighted by Crippen LogP contribution is -2.50. The molecule has 1 N–H and O–H groups in total. The highest BCUT2D eigenvalue weighted by atomic mass is 35.5. The molecule has 1 fully saturated rings. The van der Waals surface area contributed by atoms with Gasteiger partial charge in [-0.1, -0.05) is 11.6 Å². The van der Waals surface area contributed by atoms with Gasteiger partial charge in [0.05, 0.1) is 25.4 Å². The Morgan fingerprint density at radius 3 is 2.29 bits per heavy atom. The molecular weight excluding hydrogens is 418 g/mol. The summed E-state index contributed by atoms with van der Waals surface area (Å²) in [4.78, 5) is 29.1. The van der Waals surface area contributed by atoms with Gasteiger partial charge in [-0.05, 0) is 50.2 Å². The van der Waals surface area contributed by atoms with Crippen LogP contribution in [0.4, 0.5) is 5.69 Å². The molecule has 7 nitrogen and oxygen atoms in total. The molecule has 0 aromatic heterocycles. The topological polar surface area (TPSA) is 71.1 Å². The van der Waals surface area contributed by atoms with Gasteiger partial charge in [0.25, 0.3) is 5.91 Å². The Hall–Kier alpha value is -2.77. The minimum atomic E-state index is -0.132. The number of nitrogens with zero attached hydrogens (tertiary/aromatic N) is 2. The van der Waals surface area contributed by atoms with E-state index in [2.05, 4.69) is 5.32 Å². The Kier molecular flexibility index (Phi) is 8.14. The molecule has 0 radical (unpaired) electrons. The molecular formula is C23H28ClN3O4. The van der Waals surface area contributed by atoms with E-state index in [1.54, 1.807) is 41.3 Å². The number of benzene rings is 2. The minimum Gasteiger partial charge on any atom is -0.494 e. The Labute approximate surface area is 187 Å². The fraction of sp³-hybridized carbons (Fsp3) is 0.391. The average molecular weight is 446 g/mol. The normalized spacial score (nSPS) is 14.2. The molecule has 2 aromatic rings. The zero-order valence-electron chi connectivity index (χ0n) is 17.9. The second-order valence-electron chi connectivity index (χ2n) is 7.15. The fourth-order valence-electron chi connectivity index (χ4n) is 3.42. The molecule has 0 aliphatic carbocycles. The third kappa shape index (κ3) is 6.35. The van der Waals surface area contributed by atoms with Crippen molar-refractivity contribution in [2.24, 2.45) is 0 Å². The maximum atomic E-state index is 12.6. The summed E-state index contributed by atoms with van der Waals surface area (Å²) in [6.07, 6.45) is 0. The molecule has 166 valence electrons. The average Bonchev–Trinajstić information content (AvgIpc) is 2.76. The first kappa shape index (κ1) is 22.9. The van der Waals surface area contributed by atoms with Gasteiger partial charge >= 0.3 is 0 Å². The Morgan fingerprint density at radius 2 is 1.65 bits per heavy atom. The molecule has 1 saturated heterocycles. The number of halogens is 1. The zero-order valence-corrected chi connectivity index (χ0v) is 18.7. The van der Waals surface area contributed by atoms with E-state index in [0.29, 0.717) is 67.2 Å². The molecule has 1 aliphatic rings. The molecule has 0 saturated carbocycles. The van der Waals surface area contributed by atoms with Gasteiger partial charge in [0, 0.05) is 42.8 Å². The van der Waals surface area contributed by atoms with Crippen LogP contribution in [0.3, 0.4) is 0 Å². The molecule has 31 heavy (non-hydrogen) atoms. The third-order valence-electron chi connectivity index (χ3n) is 4.95. The maximum absolute atomic E-state index is 12.6. The molecule has 1 aliphatic heterocycles. The van der Waals surface area contributed by atoms with E-state index in [1.807, 2.05) is 24.8 Å². The maximum Gasteiger partial charge on any atom is 0.253 e. The monoisotopic (exact) mass is 445 g/mol.